The molecule has 17 heavy (non-hydrogen) atoms. The molecule has 0 unspecified atom stereocenters. The van der Waals surface area contributed by atoms with E-state index < -0.39 is 0 Å². The second kappa shape index (κ2) is 4.30. The van der Waals surface area contributed by atoms with Crippen molar-refractivity contribution >= 4 is 0 Å². The van der Waals surface area contributed by atoms with Gasteiger partial charge in [0, 0.05) is 11.9 Å². The molecular weight excluding hydrogens is 207 g/mol. The fraction of sp³-hybridized carbons (Fsp3) is 0. The zero-order valence-corrected chi connectivity index (χ0v) is 9.43. The number of hydrogen-bond donors (Lipinski definition) is 1. The summed E-state index contributed by atoms with van der Waals surface area (Å²) < 4.78 is 0. The summed E-state index contributed by atoms with van der Waals surface area (Å²) in [4.78, 5) is 3.32. The van der Waals surface area contributed by atoms with E-state index in [0.29, 0.717) is 0 Å². The molecule has 0 aliphatic rings. The molecule has 0 atom stereocenters. The standard InChI is InChI=1S/C16H13N/c1-3-7-13(8-4-1)15-11-16(17-12-15)14-9-5-2-6-10-14/h1-12,17H/i17+1. The van der Waals surface area contributed by atoms with Crippen LogP contribution >= 0.6 is 0 Å². The maximum Gasteiger partial charge on any atom is 0.0460 e. The number of benzene rings is 2. The van der Waals surface area contributed by atoms with Crippen molar-refractivity contribution < 1.29 is 0 Å². The monoisotopic (exact) mass is 220 g/mol. The van der Waals surface area contributed by atoms with Crippen LogP contribution in [0.1, 0.15) is 0 Å². The molecule has 1 heteroatoms. The molecule has 0 radical (unpaired) electrons. The minimum Gasteiger partial charge on any atom is -0.361 e. The van der Waals surface area contributed by atoms with Crippen LogP contribution in [0.2, 0.25) is 0 Å². The topological polar surface area (TPSA) is 15.8 Å². The lowest BCUT2D eigenvalue weighted by molar-refractivity contribution is 1.40. The number of rotatable bonds is 2. The molecular formula is C16H13N. The molecule has 3 rings (SSSR count). The van der Waals surface area contributed by atoms with Crippen molar-refractivity contribution in [2.24, 2.45) is 0 Å². The Hall–Kier alpha value is -2.28. The summed E-state index contributed by atoms with van der Waals surface area (Å²) in [7, 11) is 0. The molecule has 82 valence electrons. The molecule has 0 aliphatic carbocycles. The second-order valence-corrected chi connectivity index (χ2v) is 4.03. The molecule has 1 N–H and O–H groups in total. The Morgan fingerprint density at radius 3 is 1.82 bits per heavy atom. The highest BCUT2D eigenvalue weighted by Crippen LogP contribution is 2.25. The van der Waals surface area contributed by atoms with E-state index in [1.54, 1.807) is 0 Å². The van der Waals surface area contributed by atoms with Gasteiger partial charge in [-0.1, -0.05) is 60.7 Å². The van der Waals surface area contributed by atoms with Gasteiger partial charge in [0.05, 0.1) is 0 Å². The number of aromatic amines is 1. The van der Waals surface area contributed by atoms with Crippen molar-refractivity contribution in [3.63, 3.8) is 0 Å². The van der Waals surface area contributed by atoms with Gasteiger partial charge < -0.3 is 4.98 Å². The summed E-state index contributed by atoms with van der Waals surface area (Å²) in [6, 6.07) is 23.0. The van der Waals surface area contributed by atoms with Gasteiger partial charge in [0.25, 0.3) is 0 Å². The van der Waals surface area contributed by atoms with Crippen LogP contribution in [0.5, 0.6) is 0 Å². The van der Waals surface area contributed by atoms with E-state index in [4.69, 9.17) is 0 Å². The summed E-state index contributed by atoms with van der Waals surface area (Å²) >= 11 is 0. The van der Waals surface area contributed by atoms with Gasteiger partial charge in [-0.05, 0) is 22.8 Å². The van der Waals surface area contributed by atoms with Crippen LogP contribution in [0.4, 0.5) is 0 Å². The zero-order chi connectivity index (χ0) is 11.5. The van der Waals surface area contributed by atoms with Crippen molar-refractivity contribution in [1.29, 1.82) is 0 Å². The molecule has 1 heterocycles. The van der Waals surface area contributed by atoms with Gasteiger partial charge in [0.1, 0.15) is 0 Å². The van der Waals surface area contributed by atoms with Gasteiger partial charge in [-0.2, -0.15) is 0 Å². The first-order chi connectivity index (χ1) is 8.43. The van der Waals surface area contributed by atoms with Crippen molar-refractivity contribution in [2.75, 3.05) is 0 Å². The lowest BCUT2D eigenvalue weighted by Gasteiger charge is -1.96. The Bertz CT molecular complexity index is 540. The molecule has 3 aromatic rings. The quantitative estimate of drug-likeness (QED) is 0.661. The number of H-pyrrole nitrogens is 1. The summed E-state index contributed by atoms with van der Waals surface area (Å²) in [5.74, 6) is 0. The fourth-order valence-electron chi connectivity index (χ4n) is 1.98. The van der Waals surface area contributed by atoms with E-state index in [2.05, 4.69) is 65.8 Å². The summed E-state index contributed by atoms with van der Waals surface area (Å²) in [5.41, 5.74) is 4.84. The van der Waals surface area contributed by atoms with Crippen LogP contribution in [-0.2, 0) is 0 Å². The van der Waals surface area contributed by atoms with Crippen molar-refractivity contribution in [3.8, 4) is 22.4 Å². The van der Waals surface area contributed by atoms with Crippen LogP contribution in [0.15, 0.2) is 72.9 Å². The van der Waals surface area contributed by atoms with Crippen LogP contribution in [0.3, 0.4) is 0 Å². The lowest BCUT2D eigenvalue weighted by atomic mass is 10.1. The third-order valence-corrected chi connectivity index (χ3v) is 2.87. The summed E-state index contributed by atoms with van der Waals surface area (Å²) in [6.45, 7) is 0. The normalized spacial score (nSPS) is 10.4. The minimum absolute atomic E-state index is 1.16. The predicted octanol–water partition coefficient (Wildman–Crippen LogP) is 4.35. The first-order valence-electron chi connectivity index (χ1n) is 5.73. The number of hydrogen-bond acceptors (Lipinski definition) is 0. The van der Waals surface area contributed by atoms with E-state index in [0.717, 1.165) is 5.69 Å². The van der Waals surface area contributed by atoms with Crippen molar-refractivity contribution in [3.05, 3.63) is 72.9 Å². The molecule has 0 bridgehead atoms. The third kappa shape index (κ3) is 2.00. The molecule has 0 saturated carbocycles. The minimum atomic E-state index is 1.16. The Kier molecular flexibility index (Phi) is 2.51. The van der Waals surface area contributed by atoms with Gasteiger partial charge >= 0.3 is 0 Å². The van der Waals surface area contributed by atoms with Crippen LogP contribution in [0.25, 0.3) is 22.4 Å². The molecule has 0 aliphatic heterocycles. The summed E-state index contributed by atoms with van der Waals surface area (Å²) in [5, 5.41) is 0. The lowest BCUT2D eigenvalue weighted by Crippen LogP contribution is -1.73. The Morgan fingerprint density at radius 1 is 0.588 bits per heavy atom. The molecule has 2 aromatic carbocycles. The Morgan fingerprint density at radius 2 is 1.18 bits per heavy atom. The molecule has 0 spiro atoms. The van der Waals surface area contributed by atoms with Gasteiger partial charge in [0.15, 0.2) is 0 Å². The van der Waals surface area contributed by atoms with Gasteiger partial charge in [-0.25, -0.2) is 0 Å². The highest BCUT2D eigenvalue weighted by atomic mass is 15.4. The van der Waals surface area contributed by atoms with E-state index in [1.165, 1.54) is 16.7 Å². The largest absolute Gasteiger partial charge is 0.361 e. The van der Waals surface area contributed by atoms with Crippen LogP contribution in [0, 0.1) is 0 Å². The Balaban J connectivity index is 1.99. The molecule has 0 fully saturated rings. The average Bonchev–Trinajstić information content (AvgIpc) is 2.90. The predicted molar refractivity (Wildman–Crippen MR) is 71.7 cm³/mol. The maximum absolute atomic E-state index is 3.32. The highest BCUT2D eigenvalue weighted by Gasteiger charge is 2.02. The Labute approximate surface area is 101 Å². The van der Waals surface area contributed by atoms with Crippen LogP contribution < -0.4 is 0 Å². The smallest absolute Gasteiger partial charge is 0.0460 e. The molecule has 1 nitrogen and oxygen atoms in total. The van der Waals surface area contributed by atoms with E-state index in [1.807, 2.05) is 12.1 Å². The molecule has 0 saturated heterocycles. The van der Waals surface area contributed by atoms with Gasteiger partial charge in [-0.3, -0.25) is 0 Å². The average molecular weight is 220 g/mol. The first-order valence-corrected chi connectivity index (χ1v) is 5.73. The van der Waals surface area contributed by atoms with E-state index in [9.17, 15) is 0 Å². The van der Waals surface area contributed by atoms with E-state index >= 15 is 0 Å². The van der Waals surface area contributed by atoms with Crippen molar-refractivity contribution in [1.82, 2.24) is 4.98 Å². The zero-order valence-electron chi connectivity index (χ0n) is 9.43. The highest BCUT2D eigenvalue weighted by molar-refractivity contribution is 5.71. The van der Waals surface area contributed by atoms with Gasteiger partial charge in [0.2, 0.25) is 0 Å². The number of nitrogens with one attached hydrogen (secondary N) is 1. The van der Waals surface area contributed by atoms with Crippen molar-refractivity contribution in [2.45, 2.75) is 0 Å². The fourth-order valence-corrected chi connectivity index (χ4v) is 1.98. The SMILES string of the molecule is c1ccc(-c2c[15nH]c(-c3ccccc3)c2)cc1. The molecule has 0 amide bonds. The summed E-state index contributed by atoms with van der Waals surface area (Å²) in [6.07, 6.45) is 2.05. The molecule has 1 aromatic heterocycles. The van der Waals surface area contributed by atoms with Gasteiger partial charge in [-0.15, -0.1) is 0 Å². The van der Waals surface area contributed by atoms with Crippen LogP contribution in [-0.4, -0.2) is 4.98 Å². The second-order valence-electron chi connectivity index (χ2n) is 4.03. The first kappa shape index (κ1) is 9.91. The maximum atomic E-state index is 3.32. The third-order valence-electron chi connectivity index (χ3n) is 2.87. The number of aromatic nitrogens is 1. The van der Waals surface area contributed by atoms with E-state index in [-0.39, 0.29) is 0 Å².